The van der Waals surface area contributed by atoms with Gasteiger partial charge < -0.3 is 14.3 Å². The zero-order chi connectivity index (χ0) is 18.3. The van der Waals surface area contributed by atoms with Crippen LogP contribution in [-0.4, -0.2) is 46.3 Å². The van der Waals surface area contributed by atoms with Crippen LogP contribution in [0.2, 0.25) is 0 Å². The van der Waals surface area contributed by atoms with Crippen molar-refractivity contribution in [3.8, 4) is 0 Å². The summed E-state index contributed by atoms with van der Waals surface area (Å²) in [5.74, 6) is -2.76. The van der Waals surface area contributed by atoms with Gasteiger partial charge in [-0.15, -0.1) is 0 Å². The number of rotatable bonds is 3. The van der Waals surface area contributed by atoms with E-state index < -0.39 is 11.8 Å². The fraction of sp³-hybridized carbons (Fsp3) is 0.375. The quantitative estimate of drug-likeness (QED) is 0.638. The summed E-state index contributed by atoms with van der Waals surface area (Å²) in [4.78, 5) is 16.5. The molecular weight excluding hydrogens is 410 g/mol. The van der Waals surface area contributed by atoms with Crippen LogP contribution in [0.4, 0.5) is 20.5 Å². The van der Waals surface area contributed by atoms with Gasteiger partial charge in [-0.25, -0.2) is 9.97 Å². The molecule has 7 nitrogen and oxygen atoms in total. The summed E-state index contributed by atoms with van der Waals surface area (Å²) in [6.07, 6.45) is 1.55. The normalized spacial score (nSPS) is 15.7. The monoisotopic (exact) mass is 424 g/mol. The first-order valence-corrected chi connectivity index (χ1v) is 8.84. The highest BCUT2D eigenvalue weighted by Crippen LogP contribution is 2.30. The first-order chi connectivity index (χ1) is 12.4. The van der Waals surface area contributed by atoms with E-state index in [4.69, 9.17) is 0 Å². The van der Waals surface area contributed by atoms with Crippen molar-refractivity contribution in [2.45, 2.75) is 12.8 Å². The van der Waals surface area contributed by atoms with Crippen molar-refractivity contribution >= 4 is 38.6 Å². The van der Waals surface area contributed by atoms with E-state index in [-0.39, 0.29) is 5.95 Å². The van der Waals surface area contributed by atoms with Gasteiger partial charge in [0.05, 0.1) is 5.52 Å². The highest BCUT2D eigenvalue weighted by molar-refractivity contribution is 9.10. The number of hydrogen-bond acceptors (Lipinski definition) is 7. The topological polar surface area (TPSA) is 71.2 Å². The SMILES string of the molecule is CC(F)(F)c1nc(N2CCN(c3ncnc4c(Br)cccc34)CC2)no1. The summed E-state index contributed by atoms with van der Waals surface area (Å²) >= 11 is 3.51. The third-order valence-electron chi connectivity index (χ3n) is 4.25. The second kappa shape index (κ2) is 6.42. The van der Waals surface area contributed by atoms with Crippen molar-refractivity contribution in [3.05, 3.63) is 34.9 Å². The maximum absolute atomic E-state index is 13.3. The van der Waals surface area contributed by atoms with Crippen molar-refractivity contribution in [2.24, 2.45) is 0 Å². The molecule has 1 aromatic carbocycles. The van der Waals surface area contributed by atoms with Gasteiger partial charge in [-0.1, -0.05) is 6.07 Å². The van der Waals surface area contributed by atoms with Gasteiger partial charge in [0.15, 0.2) is 0 Å². The number of benzene rings is 1. The third kappa shape index (κ3) is 3.09. The summed E-state index contributed by atoms with van der Waals surface area (Å²) in [5.41, 5.74) is 0.855. The largest absolute Gasteiger partial charge is 0.352 e. The molecule has 1 aliphatic heterocycles. The molecule has 0 amide bonds. The van der Waals surface area contributed by atoms with Gasteiger partial charge >= 0.3 is 5.92 Å². The van der Waals surface area contributed by atoms with Gasteiger partial charge in [0.25, 0.3) is 11.8 Å². The minimum atomic E-state index is -3.14. The molecule has 0 spiro atoms. The maximum Gasteiger partial charge on any atom is 0.322 e. The van der Waals surface area contributed by atoms with Crippen molar-refractivity contribution in [3.63, 3.8) is 0 Å². The van der Waals surface area contributed by atoms with Crippen molar-refractivity contribution in [1.82, 2.24) is 20.1 Å². The van der Waals surface area contributed by atoms with Gasteiger partial charge in [-0.3, -0.25) is 0 Å². The smallest absolute Gasteiger partial charge is 0.322 e. The average molecular weight is 425 g/mol. The predicted molar refractivity (Wildman–Crippen MR) is 95.5 cm³/mol. The lowest BCUT2D eigenvalue weighted by Gasteiger charge is -2.35. The molecule has 0 unspecified atom stereocenters. The van der Waals surface area contributed by atoms with Crippen LogP contribution in [0.25, 0.3) is 10.9 Å². The van der Waals surface area contributed by atoms with Crippen LogP contribution in [0.3, 0.4) is 0 Å². The molecule has 3 heterocycles. The molecule has 0 atom stereocenters. The highest BCUT2D eigenvalue weighted by atomic mass is 79.9. The summed E-state index contributed by atoms with van der Waals surface area (Å²) in [5, 5.41) is 4.64. The van der Waals surface area contributed by atoms with Crippen LogP contribution >= 0.6 is 15.9 Å². The molecule has 26 heavy (non-hydrogen) atoms. The summed E-state index contributed by atoms with van der Waals surface area (Å²) in [6, 6.07) is 5.87. The van der Waals surface area contributed by atoms with E-state index in [9.17, 15) is 8.78 Å². The van der Waals surface area contributed by atoms with E-state index in [0.29, 0.717) is 26.2 Å². The Morgan fingerprint density at radius 1 is 1.12 bits per heavy atom. The molecule has 0 radical (unpaired) electrons. The Morgan fingerprint density at radius 3 is 2.54 bits per heavy atom. The number of piperazine rings is 1. The van der Waals surface area contributed by atoms with Crippen LogP contribution in [0.15, 0.2) is 33.5 Å². The highest BCUT2D eigenvalue weighted by Gasteiger charge is 2.33. The van der Waals surface area contributed by atoms with Gasteiger partial charge in [-0.05, 0) is 33.2 Å². The van der Waals surface area contributed by atoms with Crippen molar-refractivity contribution in [1.29, 1.82) is 0 Å². The van der Waals surface area contributed by atoms with E-state index in [0.717, 1.165) is 28.1 Å². The fourth-order valence-electron chi connectivity index (χ4n) is 2.93. The number of nitrogens with zero attached hydrogens (tertiary/aromatic N) is 6. The Labute approximate surface area is 156 Å². The molecule has 0 bridgehead atoms. The molecule has 3 aromatic rings. The second-order valence-corrected chi connectivity index (χ2v) is 6.95. The van der Waals surface area contributed by atoms with Crippen LogP contribution < -0.4 is 9.80 Å². The number of anilines is 2. The fourth-order valence-corrected chi connectivity index (χ4v) is 3.40. The summed E-state index contributed by atoms with van der Waals surface area (Å²) < 4.78 is 32.1. The Balaban J connectivity index is 1.52. The van der Waals surface area contributed by atoms with Gasteiger partial charge in [0.2, 0.25) is 0 Å². The number of alkyl halides is 2. The molecule has 0 aliphatic carbocycles. The van der Waals surface area contributed by atoms with Crippen molar-refractivity contribution < 1.29 is 13.3 Å². The van der Waals surface area contributed by atoms with E-state index in [1.54, 1.807) is 6.33 Å². The molecule has 0 saturated carbocycles. The zero-order valence-corrected chi connectivity index (χ0v) is 15.4. The lowest BCUT2D eigenvalue weighted by molar-refractivity contribution is -0.0158. The van der Waals surface area contributed by atoms with E-state index in [2.05, 4.69) is 45.5 Å². The molecule has 10 heteroatoms. The molecule has 4 rings (SSSR count). The van der Waals surface area contributed by atoms with Gasteiger partial charge in [0.1, 0.15) is 12.1 Å². The van der Waals surface area contributed by atoms with Crippen LogP contribution in [0.1, 0.15) is 12.8 Å². The van der Waals surface area contributed by atoms with Gasteiger partial charge in [0, 0.05) is 43.0 Å². The van der Waals surface area contributed by atoms with Gasteiger partial charge in [-0.2, -0.15) is 13.8 Å². The molecule has 1 aliphatic rings. The van der Waals surface area contributed by atoms with Crippen LogP contribution in [0, 0.1) is 0 Å². The number of hydrogen-bond donors (Lipinski definition) is 0. The zero-order valence-electron chi connectivity index (χ0n) is 13.9. The first kappa shape index (κ1) is 17.1. The molecular formula is C16H15BrF2N6O. The Morgan fingerprint density at radius 2 is 1.85 bits per heavy atom. The minimum absolute atomic E-state index is 0.191. The Kier molecular flexibility index (Phi) is 4.22. The Bertz CT molecular complexity index is 936. The van der Waals surface area contributed by atoms with E-state index >= 15 is 0 Å². The molecule has 1 fully saturated rings. The second-order valence-electron chi connectivity index (χ2n) is 6.10. The number of aromatic nitrogens is 4. The summed E-state index contributed by atoms with van der Waals surface area (Å²) in [6.45, 7) is 3.21. The average Bonchev–Trinajstić information content (AvgIpc) is 3.12. The molecule has 136 valence electrons. The van der Waals surface area contributed by atoms with Crippen molar-refractivity contribution in [2.75, 3.05) is 36.0 Å². The lowest BCUT2D eigenvalue weighted by atomic mass is 10.2. The standard InChI is InChI=1S/C16H15BrF2N6O/c1-16(18,19)14-22-15(23-26-14)25-7-5-24(6-8-25)13-10-3-2-4-11(17)12(10)20-9-21-13/h2-4,9H,5-8H2,1H3. The summed E-state index contributed by atoms with van der Waals surface area (Å²) in [7, 11) is 0. The lowest BCUT2D eigenvalue weighted by Crippen LogP contribution is -2.47. The number of halogens is 3. The maximum atomic E-state index is 13.3. The number of para-hydroxylation sites is 1. The van der Waals surface area contributed by atoms with E-state index in [1.165, 1.54) is 0 Å². The van der Waals surface area contributed by atoms with Crippen LogP contribution in [0.5, 0.6) is 0 Å². The first-order valence-electron chi connectivity index (χ1n) is 8.04. The third-order valence-corrected chi connectivity index (χ3v) is 4.89. The molecule has 2 aromatic heterocycles. The van der Waals surface area contributed by atoms with Crippen LogP contribution in [-0.2, 0) is 5.92 Å². The van der Waals surface area contributed by atoms with E-state index in [1.807, 2.05) is 23.1 Å². The number of fused-ring (bicyclic) bond motifs is 1. The molecule has 0 N–H and O–H groups in total. The predicted octanol–water partition coefficient (Wildman–Crippen LogP) is 3.21. The Hall–Kier alpha value is -2.36. The molecule has 1 saturated heterocycles. The minimum Gasteiger partial charge on any atom is -0.352 e.